The molecule has 0 N–H and O–H groups in total. The fourth-order valence-electron chi connectivity index (χ4n) is 2.50. The zero-order chi connectivity index (χ0) is 16.7. The van der Waals surface area contributed by atoms with Gasteiger partial charge in [-0.05, 0) is 13.8 Å². The van der Waals surface area contributed by atoms with Crippen molar-refractivity contribution >= 4 is 23.7 Å². The van der Waals surface area contributed by atoms with Gasteiger partial charge in [-0.1, -0.05) is 0 Å². The highest BCUT2D eigenvalue weighted by Crippen LogP contribution is 2.15. The minimum atomic E-state index is -0.498. The second-order valence-corrected chi connectivity index (χ2v) is 6.18. The van der Waals surface area contributed by atoms with Crippen LogP contribution in [0.5, 0.6) is 0 Å². The highest BCUT2D eigenvalue weighted by molar-refractivity contribution is 8.00. The molecule has 0 aliphatic carbocycles. The van der Waals surface area contributed by atoms with Gasteiger partial charge in [0.2, 0.25) is 0 Å². The second-order valence-electron chi connectivity index (χ2n) is 5.19. The van der Waals surface area contributed by atoms with Crippen molar-refractivity contribution < 1.29 is 19.1 Å². The maximum atomic E-state index is 12.3. The molecule has 0 aromatic carbocycles. The molecule has 122 valence electrons. The molecule has 1 aliphatic heterocycles. The van der Waals surface area contributed by atoms with Gasteiger partial charge in [0.05, 0.1) is 22.9 Å². The molecule has 0 atom stereocenters. The van der Waals surface area contributed by atoms with Crippen LogP contribution in [-0.2, 0) is 32.3 Å². The number of nitrogens with zero attached hydrogens (tertiary/aromatic N) is 2. The Balaban J connectivity index is 2.22. The lowest BCUT2D eigenvalue weighted by molar-refractivity contribution is -0.141. The molecular formula is C14H14N2O6S. The van der Waals surface area contributed by atoms with Crippen LogP contribution in [0.2, 0.25) is 0 Å². The van der Waals surface area contributed by atoms with E-state index in [9.17, 15) is 19.2 Å². The van der Waals surface area contributed by atoms with Gasteiger partial charge in [-0.3, -0.25) is 19.2 Å². The minimum absolute atomic E-state index is 0.0136. The van der Waals surface area contributed by atoms with Gasteiger partial charge in [0.25, 0.3) is 11.1 Å². The van der Waals surface area contributed by atoms with Crippen LogP contribution in [0.25, 0.3) is 0 Å². The molecule has 3 rings (SSSR count). The highest BCUT2D eigenvalue weighted by Gasteiger charge is 2.24. The molecule has 0 spiro atoms. The van der Waals surface area contributed by atoms with Crippen molar-refractivity contribution in [2.45, 2.75) is 27.1 Å². The molecule has 0 radical (unpaired) electrons. The molecule has 0 bridgehead atoms. The zero-order valence-electron chi connectivity index (χ0n) is 12.6. The number of esters is 2. The summed E-state index contributed by atoms with van der Waals surface area (Å²) in [5, 5.41) is 0. The first-order valence-electron chi connectivity index (χ1n) is 6.89. The topological polar surface area (TPSA) is 95.6 Å². The number of hydrogen-bond donors (Lipinski definition) is 0. The van der Waals surface area contributed by atoms with Gasteiger partial charge < -0.3 is 9.47 Å². The maximum Gasteiger partial charge on any atom is 0.316 e. The molecule has 8 nitrogen and oxygen atoms in total. The van der Waals surface area contributed by atoms with Gasteiger partial charge in [-0.15, -0.1) is 11.8 Å². The number of hydrogen-bond acceptors (Lipinski definition) is 7. The van der Waals surface area contributed by atoms with Gasteiger partial charge >= 0.3 is 11.9 Å². The summed E-state index contributed by atoms with van der Waals surface area (Å²) in [4.78, 5) is 47.9. The average molecular weight is 338 g/mol. The fourth-order valence-corrected chi connectivity index (χ4v) is 3.10. The number of rotatable bonds is 0. The Labute approximate surface area is 134 Å². The molecule has 0 amide bonds. The second kappa shape index (κ2) is 5.73. The van der Waals surface area contributed by atoms with E-state index in [0.29, 0.717) is 22.5 Å². The number of carbonyl (C=O) groups is 2. The molecule has 0 unspecified atom stereocenters. The van der Waals surface area contributed by atoms with E-state index in [4.69, 9.17) is 9.47 Å². The van der Waals surface area contributed by atoms with Gasteiger partial charge in [0.15, 0.2) is 0 Å². The van der Waals surface area contributed by atoms with Crippen molar-refractivity contribution in [2.75, 3.05) is 11.5 Å². The molecule has 1 aliphatic rings. The van der Waals surface area contributed by atoms with E-state index in [0.717, 1.165) is 16.3 Å². The third kappa shape index (κ3) is 2.50. The normalized spacial score (nSPS) is 16.6. The molecule has 23 heavy (non-hydrogen) atoms. The van der Waals surface area contributed by atoms with E-state index in [1.54, 1.807) is 13.8 Å². The fraction of sp³-hybridized carbons (Fsp3) is 0.429. The van der Waals surface area contributed by atoms with Crippen molar-refractivity contribution in [2.24, 2.45) is 0 Å². The van der Waals surface area contributed by atoms with Crippen LogP contribution >= 0.6 is 11.8 Å². The standard InChI is InChI=1S/C14H14N2O6S/c1-7-9-3-21-11(17)5-23-6-12(18)22-4-10-8(2)14(20)16(13(7)19)15(9)10/h3-6H2,1-2H3. The van der Waals surface area contributed by atoms with E-state index >= 15 is 0 Å². The van der Waals surface area contributed by atoms with Gasteiger partial charge in [0.1, 0.15) is 13.2 Å². The van der Waals surface area contributed by atoms with Crippen LogP contribution in [0.15, 0.2) is 9.59 Å². The quantitative estimate of drug-likeness (QED) is 0.606. The Kier molecular flexibility index (Phi) is 3.88. The van der Waals surface area contributed by atoms with Crippen LogP contribution in [0.3, 0.4) is 0 Å². The third-order valence-electron chi connectivity index (χ3n) is 3.78. The molecular weight excluding hydrogens is 324 g/mol. The summed E-state index contributed by atoms with van der Waals surface area (Å²) in [5.74, 6) is -0.968. The summed E-state index contributed by atoms with van der Waals surface area (Å²) < 4.78 is 12.7. The Bertz CT molecular complexity index is 843. The molecule has 0 saturated carbocycles. The number of carbonyl (C=O) groups excluding carboxylic acids is 2. The summed E-state index contributed by atoms with van der Waals surface area (Å²) in [7, 11) is 0. The minimum Gasteiger partial charge on any atom is -0.459 e. The number of thioether (sulfide) groups is 1. The van der Waals surface area contributed by atoms with E-state index in [1.165, 1.54) is 4.52 Å². The monoisotopic (exact) mass is 338 g/mol. The summed E-state index contributed by atoms with van der Waals surface area (Å²) in [6.07, 6.45) is 0. The van der Waals surface area contributed by atoms with Gasteiger partial charge in [-0.2, -0.15) is 4.52 Å². The van der Waals surface area contributed by atoms with Crippen LogP contribution in [-0.4, -0.2) is 32.5 Å². The number of cyclic esters (lactones) is 2. The lowest BCUT2D eigenvalue weighted by Gasteiger charge is -2.10. The lowest BCUT2D eigenvalue weighted by Crippen LogP contribution is -2.23. The summed E-state index contributed by atoms with van der Waals surface area (Å²) in [6.45, 7) is 2.89. The largest absolute Gasteiger partial charge is 0.459 e. The molecule has 9 heteroatoms. The summed E-state index contributed by atoms with van der Waals surface area (Å²) >= 11 is 1.09. The van der Waals surface area contributed by atoms with Crippen molar-refractivity contribution in [3.05, 3.63) is 43.2 Å². The predicted molar refractivity (Wildman–Crippen MR) is 81.0 cm³/mol. The molecule has 3 heterocycles. The third-order valence-corrected chi connectivity index (χ3v) is 4.66. The van der Waals surface area contributed by atoms with E-state index in [1.807, 2.05) is 0 Å². The van der Waals surface area contributed by atoms with Crippen LogP contribution < -0.4 is 11.1 Å². The Morgan fingerprint density at radius 1 is 0.783 bits per heavy atom. The Hall–Kier alpha value is -2.29. The van der Waals surface area contributed by atoms with E-state index in [2.05, 4.69) is 0 Å². The van der Waals surface area contributed by atoms with Crippen LogP contribution in [0.1, 0.15) is 22.5 Å². The number of ether oxygens (including phenoxy) is 2. The number of aromatic nitrogens is 2. The lowest BCUT2D eigenvalue weighted by atomic mass is 10.2. The smallest absolute Gasteiger partial charge is 0.316 e. The molecule has 0 fully saturated rings. The van der Waals surface area contributed by atoms with Gasteiger partial charge in [0, 0.05) is 11.1 Å². The highest BCUT2D eigenvalue weighted by atomic mass is 32.2. The van der Waals surface area contributed by atoms with Crippen molar-refractivity contribution in [1.82, 2.24) is 9.03 Å². The van der Waals surface area contributed by atoms with Crippen molar-refractivity contribution in [3.8, 4) is 0 Å². The zero-order valence-corrected chi connectivity index (χ0v) is 13.4. The van der Waals surface area contributed by atoms with E-state index < -0.39 is 23.1 Å². The SMILES string of the molecule is Cc1c2n3c(c(C)c(=O)n3c1=O)COC(=O)CSCC(=O)OC2. The molecule has 0 saturated heterocycles. The first-order chi connectivity index (χ1) is 10.9. The predicted octanol–water partition coefficient (Wildman–Crippen LogP) is -0.353. The van der Waals surface area contributed by atoms with Crippen molar-refractivity contribution in [1.29, 1.82) is 0 Å². The van der Waals surface area contributed by atoms with Gasteiger partial charge in [-0.25, -0.2) is 4.52 Å². The maximum absolute atomic E-state index is 12.3. The Morgan fingerprint density at radius 3 is 1.65 bits per heavy atom. The van der Waals surface area contributed by atoms with Crippen molar-refractivity contribution in [3.63, 3.8) is 0 Å². The summed E-state index contributed by atoms with van der Waals surface area (Å²) in [5.41, 5.74) is 0.534. The van der Waals surface area contributed by atoms with Crippen LogP contribution in [0, 0.1) is 13.8 Å². The Morgan fingerprint density at radius 2 is 1.22 bits per heavy atom. The van der Waals surface area contributed by atoms with E-state index in [-0.39, 0.29) is 24.7 Å². The summed E-state index contributed by atoms with van der Waals surface area (Å²) in [6, 6.07) is 0. The first-order valence-corrected chi connectivity index (χ1v) is 8.04. The van der Waals surface area contributed by atoms with Crippen LogP contribution in [0.4, 0.5) is 0 Å². The average Bonchev–Trinajstić information content (AvgIpc) is 2.89. The first kappa shape index (κ1) is 15.6. The molecule has 2 aromatic heterocycles. The molecule has 2 aromatic rings.